The van der Waals surface area contributed by atoms with Crippen LogP contribution in [0.25, 0.3) is 0 Å². The Bertz CT molecular complexity index is 866. The SMILES string of the molecule is C[C@]12CCC[C@]3(CO3)[C@@H]1C[C@H]1[C@H](CN3CCN(c4cccc(Cl)c4)CC3)C(=O)O[C@@H]1C2. The average molecular weight is 445 g/mol. The second kappa shape index (κ2) is 7.36. The fraction of sp³-hybridized carbons (Fsp3) is 0.720. The average Bonchev–Trinajstić information content (AvgIpc) is 3.45. The number of nitrogens with zero attached hydrogens (tertiary/aromatic N) is 2. The highest BCUT2D eigenvalue weighted by Crippen LogP contribution is 2.62. The molecule has 31 heavy (non-hydrogen) atoms. The van der Waals surface area contributed by atoms with Crippen LogP contribution in [0.5, 0.6) is 0 Å². The summed E-state index contributed by atoms with van der Waals surface area (Å²) >= 11 is 6.17. The molecule has 0 amide bonds. The van der Waals surface area contributed by atoms with Gasteiger partial charge in [0.1, 0.15) is 6.10 Å². The number of epoxide rings is 1. The molecule has 1 spiro atoms. The maximum Gasteiger partial charge on any atom is 0.310 e. The summed E-state index contributed by atoms with van der Waals surface area (Å²) in [7, 11) is 0. The molecule has 5 nitrogen and oxygen atoms in total. The molecule has 1 aromatic carbocycles. The van der Waals surface area contributed by atoms with Gasteiger partial charge in [-0.3, -0.25) is 9.69 Å². The van der Waals surface area contributed by atoms with E-state index >= 15 is 0 Å². The Hall–Kier alpha value is -1.30. The van der Waals surface area contributed by atoms with Gasteiger partial charge in [-0.2, -0.15) is 0 Å². The van der Waals surface area contributed by atoms with Crippen LogP contribution in [-0.2, 0) is 14.3 Å². The monoisotopic (exact) mass is 444 g/mol. The van der Waals surface area contributed by atoms with Crippen LogP contribution in [0.1, 0.15) is 39.0 Å². The van der Waals surface area contributed by atoms with Crippen LogP contribution in [0.2, 0.25) is 5.02 Å². The molecule has 2 aliphatic carbocycles. The normalized spacial score (nSPS) is 42.3. The molecule has 3 aliphatic heterocycles. The van der Waals surface area contributed by atoms with Crippen LogP contribution >= 0.6 is 11.6 Å². The second-order valence-electron chi connectivity index (χ2n) is 10.9. The van der Waals surface area contributed by atoms with Crippen molar-refractivity contribution in [1.82, 2.24) is 4.90 Å². The topological polar surface area (TPSA) is 45.3 Å². The summed E-state index contributed by atoms with van der Waals surface area (Å²) in [6.07, 6.45) is 5.94. The molecule has 5 aliphatic rings. The zero-order valence-electron chi connectivity index (χ0n) is 18.4. The van der Waals surface area contributed by atoms with Gasteiger partial charge in [0.05, 0.1) is 18.1 Å². The lowest BCUT2D eigenvalue weighted by atomic mass is 9.53. The van der Waals surface area contributed by atoms with E-state index in [0.29, 0.717) is 11.8 Å². The van der Waals surface area contributed by atoms with E-state index in [4.69, 9.17) is 21.1 Å². The number of esters is 1. The van der Waals surface area contributed by atoms with E-state index in [1.165, 1.54) is 24.9 Å². The van der Waals surface area contributed by atoms with E-state index in [-0.39, 0.29) is 29.0 Å². The van der Waals surface area contributed by atoms with Crippen molar-refractivity contribution in [2.75, 3.05) is 44.2 Å². The Morgan fingerprint density at radius 1 is 1.19 bits per heavy atom. The summed E-state index contributed by atoms with van der Waals surface area (Å²) in [4.78, 5) is 17.8. The number of carbonyl (C=O) groups excluding carboxylic acids is 1. The first kappa shape index (κ1) is 20.3. The molecule has 168 valence electrons. The fourth-order valence-corrected chi connectivity index (χ4v) is 7.49. The quantitative estimate of drug-likeness (QED) is 0.521. The van der Waals surface area contributed by atoms with E-state index in [1.807, 2.05) is 18.2 Å². The molecule has 6 atom stereocenters. The third kappa shape index (κ3) is 3.48. The van der Waals surface area contributed by atoms with Crippen molar-refractivity contribution in [1.29, 1.82) is 0 Å². The first-order chi connectivity index (χ1) is 15.0. The number of carbonyl (C=O) groups is 1. The van der Waals surface area contributed by atoms with Gasteiger partial charge in [0.15, 0.2) is 0 Å². The van der Waals surface area contributed by atoms with Crippen LogP contribution in [-0.4, -0.2) is 61.9 Å². The van der Waals surface area contributed by atoms with Gasteiger partial charge in [-0.15, -0.1) is 0 Å². The number of rotatable bonds is 3. The highest BCUT2D eigenvalue weighted by atomic mass is 35.5. The number of piperazine rings is 1. The zero-order valence-corrected chi connectivity index (χ0v) is 19.2. The van der Waals surface area contributed by atoms with Gasteiger partial charge in [-0.25, -0.2) is 0 Å². The van der Waals surface area contributed by atoms with E-state index in [9.17, 15) is 4.79 Å². The smallest absolute Gasteiger partial charge is 0.310 e. The molecule has 0 bridgehead atoms. The Morgan fingerprint density at radius 2 is 2.00 bits per heavy atom. The van der Waals surface area contributed by atoms with Gasteiger partial charge in [0, 0.05) is 49.4 Å². The van der Waals surface area contributed by atoms with Crippen LogP contribution in [0.4, 0.5) is 5.69 Å². The number of hydrogen-bond acceptors (Lipinski definition) is 5. The van der Waals surface area contributed by atoms with Gasteiger partial charge in [0.25, 0.3) is 0 Å². The van der Waals surface area contributed by atoms with Crippen LogP contribution < -0.4 is 4.90 Å². The molecule has 0 N–H and O–H groups in total. The number of benzene rings is 1. The summed E-state index contributed by atoms with van der Waals surface area (Å²) in [6.45, 7) is 8.06. The van der Waals surface area contributed by atoms with E-state index < -0.39 is 0 Å². The van der Waals surface area contributed by atoms with Gasteiger partial charge >= 0.3 is 5.97 Å². The lowest BCUT2D eigenvalue weighted by molar-refractivity contribution is -0.147. The number of fused-ring (bicyclic) bond motifs is 3. The highest BCUT2D eigenvalue weighted by Gasteiger charge is 2.65. The number of ether oxygens (including phenoxy) is 2. The second-order valence-corrected chi connectivity index (χ2v) is 11.3. The van der Waals surface area contributed by atoms with Crippen molar-refractivity contribution < 1.29 is 14.3 Å². The molecule has 5 fully saturated rings. The lowest BCUT2D eigenvalue weighted by Crippen LogP contribution is -2.52. The minimum absolute atomic E-state index is 0.0185. The lowest BCUT2D eigenvalue weighted by Gasteiger charge is -2.51. The predicted octanol–water partition coefficient (Wildman–Crippen LogP) is 3.99. The largest absolute Gasteiger partial charge is 0.462 e. The molecule has 3 heterocycles. The molecular weight excluding hydrogens is 412 g/mol. The van der Waals surface area contributed by atoms with Crippen molar-refractivity contribution >= 4 is 23.3 Å². The maximum absolute atomic E-state index is 12.9. The number of halogens is 1. The van der Waals surface area contributed by atoms with E-state index in [0.717, 1.165) is 57.2 Å². The van der Waals surface area contributed by atoms with Gasteiger partial charge in [-0.1, -0.05) is 24.6 Å². The van der Waals surface area contributed by atoms with Gasteiger partial charge in [0.2, 0.25) is 0 Å². The summed E-state index contributed by atoms with van der Waals surface area (Å²) in [6, 6.07) is 8.09. The summed E-state index contributed by atoms with van der Waals surface area (Å²) in [5.41, 5.74) is 1.58. The summed E-state index contributed by atoms with van der Waals surface area (Å²) < 4.78 is 12.0. The Labute approximate surface area is 190 Å². The van der Waals surface area contributed by atoms with Crippen LogP contribution in [0, 0.1) is 23.2 Å². The predicted molar refractivity (Wildman–Crippen MR) is 120 cm³/mol. The number of hydrogen-bond donors (Lipinski definition) is 0. The van der Waals surface area contributed by atoms with Gasteiger partial charge in [-0.05, 0) is 61.6 Å². The van der Waals surface area contributed by atoms with E-state index in [1.54, 1.807) is 0 Å². The Kier molecular flexibility index (Phi) is 4.82. The van der Waals surface area contributed by atoms with Crippen molar-refractivity contribution in [2.24, 2.45) is 23.2 Å². The van der Waals surface area contributed by atoms with Crippen LogP contribution in [0.15, 0.2) is 24.3 Å². The zero-order chi connectivity index (χ0) is 21.2. The number of anilines is 1. The minimum Gasteiger partial charge on any atom is -0.462 e. The Morgan fingerprint density at radius 3 is 2.74 bits per heavy atom. The minimum atomic E-state index is 0.0185. The molecule has 6 heteroatoms. The van der Waals surface area contributed by atoms with Gasteiger partial charge < -0.3 is 14.4 Å². The molecule has 6 rings (SSSR count). The fourth-order valence-electron chi connectivity index (χ4n) is 7.31. The Balaban J connectivity index is 1.12. The maximum atomic E-state index is 12.9. The molecule has 0 radical (unpaired) electrons. The van der Waals surface area contributed by atoms with Crippen molar-refractivity contribution in [2.45, 2.75) is 50.7 Å². The molecule has 0 aromatic heterocycles. The summed E-state index contributed by atoms with van der Waals surface area (Å²) in [5.74, 6) is 1.01. The third-order valence-corrected chi connectivity index (χ3v) is 9.31. The van der Waals surface area contributed by atoms with Crippen molar-refractivity contribution in [3.05, 3.63) is 29.3 Å². The molecule has 0 unspecified atom stereocenters. The molecule has 2 saturated carbocycles. The highest BCUT2D eigenvalue weighted by molar-refractivity contribution is 6.30. The van der Waals surface area contributed by atoms with Crippen molar-refractivity contribution in [3.63, 3.8) is 0 Å². The first-order valence-corrected chi connectivity index (χ1v) is 12.4. The standard InChI is InChI=1S/C25H33ClN2O3/c1-24-6-3-7-25(16-30-25)22(24)13-19-20(23(29)31-21(19)14-24)15-27-8-10-28(11-9-27)18-5-2-4-17(26)12-18/h2,4-5,12,19-22H,3,6-11,13-16H2,1H3/t19-,20-,21+,22+,24+,25-/m0/s1. The molecule has 1 aromatic rings. The third-order valence-electron chi connectivity index (χ3n) is 9.08. The van der Waals surface area contributed by atoms with Crippen molar-refractivity contribution in [3.8, 4) is 0 Å². The van der Waals surface area contributed by atoms with E-state index in [2.05, 4.69) is 22.8 Å². The molecule has 3 saturated heterocycles. The molecular formula is C25H33ClN2O3. The summed E-state index contributed by atoms with van der Waals surface area (Å²) in [5, 5.41) is 0.782. The van der Waals surface area contributed by atoms with Crippen LogP contribution in [0.3, 0.4) is 0 Å². The first-order valence-electron chi connectivity index (χ1n) is 12.0.